The molecule has 0 radical (unpaired) electrons. The Morgan fingerprint density at radius 2 is 1.96 bits per heavy atom. The van der Waals surface area contributed by atoms with E-state index in [4.69, 9.17) is 5.26 Å². The SMILES string of the molecule is C=C/C=C/c1ccccc1CCN(CC#N)S(=O)(=O)C(F)(F)F. The van der Waals surface area contributed by atoms with Gasteiger partial charge in [0.15, 0.2) is 0 Å². The van der Waals surface area contributed by atoms with E-state index >= 15 is 0 Å². The molecule has 1 aromatic carbocycles. The van der Waals surface area contributed by atoms with Gasteiger partial charge in [-0.1, -0.05) is 49.1 Å². The second-order valence-corrected chi connectivity index (χ2v) is 6.42. The molecule has 0 atom stereocenters. The van der Waals surface area contributed by atoms with Crippen molar-refractivity contribution in [3.63, 3.8) is 0 Å². The van der Waals surface area contributed by atoms with E-state index in [1.54, 1.807) is 42.5 Å². The molecule has 0 aliphatic rings. The number of nitriles is 1. The molecule has 0 N–H and O–H groups in total. The van der Waals surface area contributed by atoms with Crippen molar-refractivity contribution >= 4 is 16.1 Å². The van der Waals surface area contributed by atoms with Gasteiger partial charge in [0.1, 0.15) is 6.54 Å². The van der Waals surface area contributed by atoms with Gasteiger partial charge in [-0.05, 0) is 17.5 Å². The third-order valence-corrected chi connectivity index (χ3v) is 4.55. The molecule has 0 amide bonds. The maximum Gasteiger partial charge on any atom is 0.511 e. The molecule has 0 fully saturated rings. The van der Waals surface area contributed by atoms with Crippen LogP contribution in [0, 0.1) is 11.3 Å². The average Bonchev–Trinajstić information content (AvgIpc) is 2.48. The van der Waals surface area contributed by atoms with Crippen LogP contribution in [0.5, 0.6) is 0 Å². The standard InChI is InChI=1S/C15H15F3N2O2S/c1-2-3-6-13-7-4-5-8-14(13)9-11-20(12-10-19)23(21,22)15(16,17)18/h2-8H,1,9,11-12H2/b6-3+. The lowest BCUT2D eigenvalue weighted by Crippen LogP contribution is -2.42. The summed E-state index contributed by atoms with van der Waals surface area (Å²) in [4.78, 5) is 0. The molecule has 0 bridgehead atoms. The number of halogens is 3. The van der Waals surface area contributed by atoms with Crippen molar-refractivity contribution in [1.29, 1.82) is 5.26 Å². The van der Waals surface area contributed by atoms with Gasteiger partial charge in [-0.3, -0.25) is 0 Å². The van der Waals surface area contributed by atoms with E-state index in [-0.39, 0.29) is 10.7 Å². The highest BCUT2D eigenvalue weighted by Crippen LogP contribution is 2.27. The number of benzene rings is 1. The zero-order chi connectivity index (χ0) is 17.5. The van der Waals surface area contributed by atoms with Crippen LogP contribution in [0.3, 0.4) is 0 Å². The molecule has 0 spiro atoms. The number of allylic oxidation sites excluding steroid dienone is 2. The number of hydrogen-bond acceptors (Lipinski definition) is 3. The fraction of sp³-hybridized carbons (Fsp3) is 0.267. The molecule has 0 aliphatic heterocycles. The lowest BCUT2D eigenvalue weighted by atomic mass is 10.0. The highest BCUT2D eigenvalue weighted by molar-refractivity contribution is 7.90. The van der Waals surface area contributed by atoms with Crippen molar-refractivity contribution in [2.45, 2.75) is 11.9 Å². The summed E-state index contributed by atoms with van der Waals surface area (Å²) in [7, 11) is -5.52. The van der Waals surface area contributed by atoms with Crippen LogP contribution in [-0.2, 0) is 16.4 Å². The number of hydrogen-bond donors (Lipinski definition) is 0. The van der Waals surface area contributed by atoms with Crippen molar-refractivity contribution in [3.05, 3.63) is 54.1 Å². The Morgan fingerprint density at radius 1 is 1.30 bits per heavy atom. The highest BCUT2D eigenvalue weighted by Gasteiger charge is 2.49. The van der Waals surface area contributed by atoms with Crippen LogP contribution in [0.15, 0.2) is 43.0 Å². The summed E-state index contributed by atoms with van der Waals surface area (Å²) < 4.78 is 60.9. The quantitative estimate of drug-likeness (QED) is 0.564. The zero-order valence-electron chi connectivity index (χ0n) is 12.1. The minimum atomic E-state index is -5.52. The Labute approximate surface area is 133 Å². The van der Waals surface area contributed by atoms with Gasteiger partial charge in [-0.15, -0.1) is 0 Å². The molecule has 8 heteroatoms. The van der Waals surface area contributed by atoms with Crippen LogP contribution in [-0.4, -0.2) is 31.3 Å². The van der Waals surface area contributed by atoms with Gasteiger partial charge >= 0.3 is 15.5 Å². The van der Waals surface area contributed by atoms with Crippen molar-refractivity contribution in [2.24, 2.45) is 0 Å². The number of alkyl halides is 3. The minimum Gasteiger partial charge on any atom is -0.203 e. The van der Waals surface area contributed by atoms with E-state index in [1.807, 2.05) is 0 Å². The Bertz CT molecular complexity index is 719. The average molecular weight is 344 g/mol. The van der Waals surface area contributed by atoms with Crippen LogP contribution >= 0.6 is 0 Å². The maximum absolute atomic E-state index is 12.6. The first-order valence-corrected chi connectivity index (χ1v) is 7.98. The van der Waals surface area contributed by atoms with Crippen LogP contribution in [0.4, 0.5) is 13.2 Å². The maximum atomic E-state index is 12.6. The van der Waals surface area contributed by atoms with Crippen LogP contribution in [0.25, 0.3) is 6.08 Å². The largest absolute Gasteiger partial charge is 0.511 e. The van der Waals surface area contributed by atoms with E-state index < -0.39 is 28.6 Å². The molecule has 1 aromatic rings. The summed E-state index contributed by atoms with van der Waals surface area (Å²) >= 11 is 0. The van der Waals surface area contributed by atoms with Crippen molar-refractivity contribution in [3.8, 4) is 6.07 Å². The molecule has 0 saturated heterocycles. The molecular weight excluding hydrogens is 329 g/mol. The third kappa shape index (κ3) is 4.94. The molecular formula is C15H15F3N2O2S. The molecule has 0 unspecified atom stereocenters. The Balaban J connectivity index is 3.00. The van der Waals surface area contributed by atoms with Crippen LogP contribution in [0.1, 0.15) is 11.1 Å². The first-order chi connectivity index (χ1) is 10.7. The summed E-state index contributed by atoms with van der Waals surface area (Å²) in [6.07, 6.45) is 4.98. The Hall–Kier alpha value is -2.11. The molecule has 0 aromatic heterocycles. The number of rotatable bonds is 7. The van der Waals surface area contributed by atoms with Crippen molar-refractivity contribution < 1.29 is 21.6 Å². The first-order valence-electron chi connectivity index (χ1n) is 6.54. The van der Waals surface area contributed by atoms with Crippen LogP contribution < -0.4 is 0 Å². The van der Waals surface area contributed by atoms with E-state index in [2.05, 4.69) is 6.58 Å². The van der Waals surface area contributed by atoms with Crippen molar-refractivity contribution in [1.82, 2.24) is 4.31 Å². The zero-order valence-corrected chi connectivity index (χ0v) is 12.9. The second-order valence-electron chi connectivity index (χ2n) is 4.49. The topological polar surface area (TPSA) is 61.2 Å². The van der Waals surface area contributed by atoms with E-state index in [0.29, 0.717) is 5.56 Å². The molecule has 0 heterocycles. The van der Waals surface area contributed by atoms with E-state index in [0.717, 1.165) is 5.56 Å². The van der Waals surface area contributed by atoms with Crippen LogP contribution in [0.2, 0.25) is 0 Å². The van der Waals surface area contributed by atoms with Gasteiger partial charge in [-0.2, -0.15) is 22.7 Å². The summed E-state index contributed by atoms with van der Waals surface area (Å²) in [6.45, 7) is 2.24. The number of sulfonamides is 1. The fourth-order valence-corrected chi connectivity index (χ4v) is 2.70. The van der Waals surface area contributed by atoms with Gasteiger partial charge < -0.3 is 0 Å². The lowest BCUT2D eigenvalue weighted by Gasteiger charge is -2.21. The van der Waals surface area contributed by atoms with E-state index in [1.165, 1.54) is 6.07 Å². The number of nitrogens with zero attached hydrogens (tertiary/aromatic N) is 2. The Morgan fingerprint density at radius 3 is 2.52 bits per heavy atom. The van der Waals surface area contributed by atoms with E-state index in [9.17, 15) is 21.6 Å². The second kappa shape index (κ2) is 7.94. The molecule has 4 nitrogen and oxygen atoms in total. The highest BCUT2D eigenvalue weighted by atomic mass is 32.2. The molecule has 0 aliphatic carbocycles. The summed E-state index contributed by atoms with van der Waals surface area (Å²) in [6, 6.07) is 8.35. The molecule has 124 valence electrons. The molecule has 23 heavy (non-hydrogen) atoms. The third-order valence-electron chi connectivity index (χ3n) is 2.98. The van der Waals surface area contributed by atoms with Gasteiger partial charge in [0.05, 0.1) is 6.07 Å². The monoisotopic (exact) mass is 344 g/mol. The fourth-order valence-electron chi connectivity index (χ4n) is 1.85. The first kappa shape index (κ1) is 18.9. The summed E-state index contributed by atoms with van der Waals surface area (Å²) in [5, 5.41) is 8.59. The minimum absolute atomic E-state index is 0.0502. The predicted octanol–water partition coefficient (Wildman–Crippen LogP) is 3.10. The van der Waals surface area contributed by atoms with Crippen molar-refractivity contribution in [2.75, 3.05) is 13.1 Å². The lowest BCUT2D eigenvalue weighted by molar-refractivity contribution is -0.0485. The van der Waals surface area contributed by atoms with Gasteiger partial charge in [-0.25, -0.2) is 8.42 Å². The van der Waals surface area contributed by atoms with Gasteiger partial charge in [0.25, 0.3) is 0 Å². The van der Waals surface area contributed by atoms with Gasteiger partial charge in [0.2, 0.25) is 0 Å². The van der Waals surface area contributed by atoms with Gasteiger partial charge in [0, 0.05) is 6.54 Å². The molecule has 0 saturated carbocycles. The smallest absolute Gasteiger partial charge is 0.203 e. The predicted molar refractivity (Wildman–Crippen MR) is 81.5 cm³/mol. The normalized spacial score (nSPS) is 12.5. The summed E-state index contributed by atoms with van der Waals surface area (Å²) in [5.74, 6) is 0. The Kier molecular flexibility index (Phi) is 6.54. The summed E-state index contributed by atoms with van der Waals surface area (Å²) in [5.41, 5.74) is -4.01. The molecule has 1 rings (SSSR count).